The van der Waals surface area contributed by atoms with Crippen molar-refractivity contribution in [2.24, 2.45) is 0 Å². The van der Waals surface area contributed by atoms with Gasteiger partial charge in [-0.05, 0) is 13.3 Å². The van der Waals surface area contributed by atoms with E-state index in [9.17, 15) is 4.79 Å². The summed E-state index contributed by atoms with van der Waals surface area (Å²) in [7, 11) is 0. The van der Waals surface area contributed by atoms with Crippen LogP contribution in [-0.4, -0.2) is 28.9 Å². The van der Waals surface area contributed by atoms with Gasteiger partial charge in [0.2, 0.25) is 5.79 Å². The van der Waals surface area contributed by atoms with Gasteiger partial charge < -0.3 is 4.74 Å². The Morgan fingerprint density at radius 3 is 2.40 bits per heavy atom. The van der Waals surface area contributed by atoms with Gasteiger partial charge in [-0.1, -0.05) is 13.3 Å². The number of hydrogen-bond donors (Lipinski definition) is 2. The molecule has 6 heteroatoms. The van der Waals surface area contributed by atoms with Crippen molar-refractivity contribution in [3.8, 4) is 0 Å². The Hall–Kier alpha value is -0.690. The molecule has 0 unspecified atom stereocenters. The van der Waals surface area contributed by atoms with Crippen molar-refractivity contribution in [2.45, 2.75) is 45.3 Å². The fraction of sp³-hybridized carbons (Fsp3) is 0.889. The van der Waals surface area contributed by atoms with Gasteiger partial charge >= 0.3 is 5.97 Å². The zero-order chi connectivity index (χ0) is 11.7. The highest BCUT2D eigenvalue weighted by molar-refractivity contribution is 5.69. The van der Waals surface area contributed by atoms with Gasteiger partial charge in [0, 0.05) is 6.42 Å². The van der Waals surface area contributed by atoms with Crippen LogP contribution in [0.25, 0.3) is 0 Å². The highest BCUT2D eigenvalue weighted by Crippen LogP contribution is 2.17. The summed E-state index contributed by atoms with van der Waals surface area (Å²) in [5.74, 6) is -1.99. The molecule has 0 radical (unpaired) electrons. The lowest BCUT2D eigenvalue weighted by atomic mass is 10.2. The molecule has 0 fully saturated rings. The molecule has 15 heavy (non-hydrogen) atoms. The van der Waals surface area contributed by atoms with Gasteiger partial charge in [0.15, 0.2) is 0 Å². The van der Waals surface area contributed by atoms with Gasteiger partial charge in [-0.15, -0.1) is 0 Å². The number of ether oxygens (including phenoxy) is 1. The fourth-order valence-corrected chi connectivity index (χ4v) is 0.840. The normalized spacial score (nSPS) is 11.5. The Morgan fingerprint density at radius 1 is 1.33 bits per heavy atom. The molecule has 0 aromatic rings. The Morgan fingerprint density at radius 2 is 1.93 bits per heavy atom. The van der Waals surface area contributed by atoms with E-state index < -0.39 is 11.8 Å². The molecule has 0 atom stereocenters. The monoisotopic (exact) mass is 222 g/mol. The first kappa shape index (κ1) is 14.3. The molecule has 0 spiro atoms. The number of carbonyl (C=O) groups excluding carboxylic acids is 1. The van der Waals surface area contributed by atoms with Crippen LogP contribution in [0.2, 0.25) is 0 Å². The summed E-state index contributed by atoms with van der Waals surface area (Å²) in [4.78, 5) is 18.9. The van der Waals surface area contributed by atoms with Gasteiger partial charge in [0.25, 0.3) is 0 Å². The molecule has 0 aliphatic heterocycles. The smallest absolute Gasteiger partial charge is 0.305 e. The quantitative estimate of drug-likeness (QED) is 0.214. The maximum Gasteiger partial charge on any atom is 0.305 e. The van der Waals surface area contributed by atoms with Crippen LogP contribution in [0.1, 0.15) is 39.5 Å². The van der Waals surface area contributed by atoms with Crippen LogP contribution in [0, 0.1) is 0 Å². The molecule has 0 amide bonds. The first-order valence-corrected chi connectivity index (χ1v) is 4.88. The van der Waals surface area contributed by atoms with Crippen molar-refractivity contribution in [3.63, 3.8) is 0 Å². The summed E-state index contributed by atoms with van der Waals surface area (Å²) >= 11 is 0. The summed E-state index contributed by atoms with van der Waals surface area (Å²) in [5.41, 5.74) is 0. The van der Waals surface area contributed by atoms with Crippen LogP contribution < -0.4 is 0 Å². The Balaban J connectivity index is 3.69. The molecule has 0 bridgehead atoms. The molecule has 6 nitrogen and oxygen atoms in total. The van der Waals surface area contributed by atoms with E-state index in [4.69, 9.17) is 15.3 Å². The van der Waals surface area contributed by atoms with Crippen molar-refractivity contribution in [1.29, 1.82) is 0 Å². The summed E-state index contributed by atoms with van der Waals surface area (Å²) in [5, 5.41) is 16.8. The molecule has 90 valence electrons. The summed E-state index contributed by atoms with van der Waals surface area (Å²) in [6, 6.07) is 0. The third kappa shape index (κ3) is 6.40. The van der Waals surface area contributed by atoms with Crippen LogP contribution in [-0.2, 0) is 19.3 Å². The fourth-order valence-electron chi connectivity index (χ4n) is 0.840. The Bertz CT molecular complexity index is 177. The zero-order valence-corrected chi connectivity index (χ0v) is 9.06. The second-order valence-electron chi connectivity index (χ2n) is 3.39. The summed E-state index contributed by atoms with van der Waals surface area (Å²) in [6.45, 7) is 3.67. The second-order valence-corrected chi connectivity index (χ2v) is 3.39. The number of unbranched alkanes of at least 4 members (excludes halogenated alkanes) is 1. The second kappa shape index (κ2) is 7.58. The first-order valence-electron chi connectivity index (χ1n) is 4.88. The van der Waals surface area contributed by atoms with Crippen LogP contribution >= 0.6 is 0 Å². The van der Waals surface area contributed by atoms with Gasteiger partial charge in [0.1, 0.15) is 0 Å². The predicted molar refractivity (Wildman–Crippen MR) is 50.9 cm³/mol. The van der Waals surface area contributed by atoms with E-state index in [-0.39, 0.29) is 12.8 Å². The summed E-state index contributed by atoms with van der Waals surface area (Å²) in [6.07, 6.45) is 1.77. The largest absolute Gasteiger partial charge is 0.466 e. The summed E-state index contributed by atoms with van der Waals surface area (Å²) < 4.78 is 4.85. The maximum absolute atomic E-state index is 11.1. The molecule has 2 N–H and O–H groups in total. The van der Waals surface area contributed by atoms with Crippen LogP contribution in [0.15, 0.2) is 0 Å². The maximum atomic E-state index is 11.1. The SMILES string of the molecule is CCCCOC(=O)CCC(C)(OO)OO. The van der Waals surface area contributed by atoms with E-state index in [0.717, 1.165) is 12.8 Å². The molecule has 0 aromatic carbocycles. The van der Waals surface area contributed by atoms with E-state index in [1.54, 1.807) is 0 Å². The van der Waals surface area contributed by atoms with Gasteiger partial charge in [-0.3, -0.25) is 4.79 Å². The zero-order valence-electron chi connectivity index (χ0n) is 9.06. The van der Waals surface area contributed by atoms with Crippen molar-refractivity contribution >= 4 is 5.97 Å². The van der Waals surface area contributed by atoms with E-state index >= 15 is 0 Å². The Labute approximate surface area is 88.6 Å². The predicted octanol–water partition coefficient (Wildman–Crippen LogP) is 1.81. The van der Waals surface area contributed by atoms with E-state index in [1.165, 1.54) is 6.92 Å². The van der Waals surface area contributed by atoms with Crippen molar-refractivity contribution < 1.29 is 29.8 Å². The van der Waals surface area contributed by atoms with Crippen LogP contribution in [0.5, 0.6) is 0 Å². The lowest BCUT2D eigenvalue weighted by Gasteiger charge is -2.20. The minimum absolute atomic E-state index is 0.00132. The van der Waals surface area contributed by atoms with E-state index in [2.05, 4.69) is 9.78 Å². The topological polar surface area (TPSA) is 85.2 Å². The first-order chi connectivity index (χ1) is 7.08. The third-order valence-corrected chi connectivity index (χ3v) is 1.93. The average Bonchev–Trinajstić information content (AvgIpc) is 2.26. The number of hydrogen-bond acceptors (Lipinski definition) is 6. The number of rotatable bonds is 8. The van der Waals surface area contributed by atoms with Gasteiger partial charge in [-0.2, -0.15) is 0 Å². The molecule has 0 aliphatic rings. The molecule has 0 rings (SSSR count). The molecule has 0 saturated heterocycles. The number of carbonyl (C=O) groups is 1. The molecular formula is C9H18O6. The van der Waals surface area contributed by atoms with Crippen molar-refractivity contribution in [1.82, 2.24) is 0 Å². The lowest BCUT2D eigenvalue weighted by Crippen LogP contribution is -2.31. The molecule has 0 aromatic heterocycles. The van der Waals surface area contributed by atoms with Gasteiger partial charge in [-0.25, -0.2) is 20.3 Å². The molecule has 0 aliphatic carbocycles. The van der Waals surface area contributed by atoms with E-state index in [1.807, 2.05) is 6.92 Å². The van der Waals surface area contributed by atoms with Gasteiger partial charge in [0.05, 0.1) is 13.0 Å². The molecule has 0 saturated carbocycles. The standard InChI is InChI=1S/C9H18O6/c1-3-4-7-13-8(10)5-6-9(2,14-11)15-12/h11-12H,3-7H2,1-2H3. The lowest BCUT2D eigenvalue weighted by molar-refractivity contribution is -0.481. The molecular weight excluding hydrogens is 204 g/mol. The number of esters is 1. The van der Waals surface area contributed by atoms with Crippen LogP contribution in [0.4, 0.5) is 0 Å². The van der Waals surface area contributed by atoms with Crippen molar-refractivity contribution in [2.75, 3.05) is 6.61 Å². The minimum Gasteiger partial charge on any atom is -0.466 e. The highest BCUT2D eigenvalue weighted by atomic mass is 17.2. The Kier molecular flexibility index (Phi) is 7.23. The van der Waals surface area contributed by atoms with E-state index in [0.29, 0.717) is 6.61 Å². The van der Waals surface area contributed by atoms with Crippen molar-refractivity contribution in [3.05, 3.63) is 0 Å². The molecule has 0 heterocycles. The van der Waals surface area contributed by atoms with Crippen LogP contribution in [0.3, 0.4) is 0 Å². The average molecular weight is 222 g/mol. The minimum atomic E-state index is -1.58. The highest BCUT2D eigenvalue weighted by Gasteiger charge is 2.28. The third-order valence-electron chi connectivity index (χ3n) is 1.93.